The second-order valence-electron chi connectivity index (χ2n) is 4.40. The average molecular weight is 277 g/mol. The molecular weight excluding hydrogens is 267 g/mol. The molecule has 102 valence electrons. The third-order valence-corrected chi connectivity index (χ3v) is 3.18. The van der Waals surface area contributed by atoms with Crippen LogP contribution in [0.5, 0.6) is 0 Å². The number of aryl methyl sites for hydroxylation is 1. The van der Waals surface area contributed by atoms with E-state index in [-0.39, 0.29) is 0 Å². The van der Waals surface area contributed by atoms with Gasteiger partial charge in [-0.25, -0.2) is 18.2 Å². The first-order valence-electron chi connectivity index (χ1n) is 5.92. The quantitative estimate of drug-likeness (QED) is 0.715. The first-order valence-corrected chi connectivity index (χ1v) is 5.92. The van der Waals surface area contributed by atoms with E-state index in [0.29, 0.717) is 11.4 Å². The standard InChI is InChI=1S/C14H10F3N3/c1-20-12-7-18-5-4-11(12)19-14(20)8-2-3-9(13(16)17)10(15)6-8/h2-7,13H,1H3. The first kappa shape index (κ1) is 12.7. The number of benzene rings is 1. The monoisotopic (exact) mass is 277 g/mol. The fourth-order valence-corrected chi connectivity index (χ4v) is 2.14. The van der Waals surface area contributed by atoms with Crippen molar-refractivity contribution in [1.29, 1.82) is 0 Å². The number of halogens is 3. The fraction of sp³-hybridized carbons (Fsp3) is 0.143. The first-order chi connectivity index (χ1) is 9.58. The maximum atomic E-state index is 13.6. The lowest BCUT2D eigenvalue weighted by Crippen LogP contribution is -1.96. The minimum Gasteiger partial charge on any atom is -0.326 e. The average Bonchev–Trinajstić information content (AvgIpc) is 2.76. The van der Waals surface area contributed by atoms with Gasteiger partial charge in [0.05, 0.1) is 22.8 Å². The summed E-state index contributed by atoms with van der Waals surface area (Å²) < 4.78 is 40.5. The Kier molecular flexibility index (Phi) is 2.93. The molecule has 0 fully saturated rings. The molecule has 0 aliphatic rings. The number of imidazole rings is 1. The molecule has 0 amide bonds. The molecule has 20 heavy (non-hydrogen) atoms. The van der Waals surface area contributed by atoms with Crippen LogP contribution in [-0.2, 0) is 7.05 Å². The molecule has 3 nitrogen and oxygen atoms in total. The molecule has 2 heterocycles. The normalized spacial score (nSPS) is 11.4. The van der Waals surface area contributed by atoms with Crippen molar-refractivity contribution in [3.05, 3.63) is 48.0 Å². The van der Waals surface area contributed by atoms with E-state index in [1.54, 1.807) is 30.1 Å². The molecule has 0 unspecified atom stereocenters. The van der Waals surface area contributed by atoms with Crippen LogP contribution in [0.3, 0.4) is 0 Å². The molecule has 0 aliphatic carbocycles. The van der Waals surface area contributed by atoms with Crippen molar-refractivity contribution in [2.75, 3.05) is 0 Å². The molecule has 0 spiro atoms. The van der Waals surface area contributed by atoms with Crippen molar-refractivity contribution in [3.8, 4) is 11.4 Å². The summed E-state index contributed by atoms with van der Waals surface area (Å²) in [4.78, 5) is 8.37. The molecule has 0 saturated carbocycles. The summed E-state index contributed by atoms with van der Waals surface area (Å²) in [7, 11) is 1.77. The summed E-state index contributed by atoms with van der Waals surface area (Å²) in [6, 6.07) is 5.35. The minimum atomic E-state index is -2.83. The summed E-state index contributed by atoms with van der Waals surface area (Å²) in [5, 5.41) is 0. The lowest BCUT2D eigenvalue weighted by molar-refractivity contribution is 0.146. The van der Waals surface area contributed by atoms with Crippen LogP contribution in [0.15, 0.2) is 36.7 Å². The fourth-order valence-electron chi connectivity index (χ4n) is 2.14. The van der Waals surface area contributed by atoms with Gasteiger partial charge in [0.2, 0.25) is 0 Å². The molecular formula is C14H10F3N3. The summed E-state index contributed by atoms with van der Waals surface area (Å²) in [5.41, 5.74) is 1.36. The third kappa shape index (κ3) is 1.93. The van der Waals surface area contributed by atoms with Gasteiger partial charge in [-0.05, 0) is 18.2 Å². The Bertz CT molecular complexity index is 780. The van der Waals surface area contributed by atoms with Crippen molar-refractivity contribution in [3.63, 3.8) is 0 Å². The molecule has 0 N–H and O–H groups in total. The van der Waals surface area contributed by atoms with Crippen molar-refractivity contribution in [1.82, 2.24) is 14.5 Å². The van der Waals surface area contributed by atoms with E-state index in [1.807, 2.05) is 0 Å². The number of hydrogen-bond donors (Lipinski definition) is 0. The molecule has 1 aromatic carbocycles. The Balaban J connectivity index is 2.16. The topological polar surface area (TPSA) is 30.7 Å². The summed E-state index contributed by atoms with van der Waals surface area (Å²) >= 11 is 0. The van der Waals surface area contributed by atoms with E-state index < -0.39 is 17.8 Å². The molecule has 6 heteroatoms. The Morgan fingerprint density at radius 1 is 1.20 bits per heavy atom. The van der Waals surface area contributed by atoms with E-state index in [1.165, 1.54) is 6.07 Å². The van der Waals surface area contributed by atoms with E-state index in [0.717, 1.165) is 23.2 Å². The van der Waals surface area contributed by atoms with E-state index in [9.17, 15) is 13.2 Å². The Morgan fingerprint density at radius 3 is 2.65 bits per heavy atom. The van der Waals surface area contributed by atoms with Crippen LogP contribution >= 0.6 is 0 Å². The second-order valence-corrected chi connectivity index (χ2v) is 4.40. The van der Waals surface area contributed by atoms with Crippen LogP contribution in [0.4, 0.5) is 13.2 Å². The van der Waals surface area contributed by atoms with Gasteiger partial charge < -0.3 is 4.57 Å². The van der Waals surface area contributed by atoms with Crippen LogP contribution in [0, 0.1) is 5.82 Å². The predicted molar refractivity (Wildman–Crippen MR) is 68.9 cm³/mol. The lowest BCUT2D eigenvalue weighted by atomic mass is 10.1. The van der Waals surface area contributed by atoms with Crippen molar-refractivity contribution >= 4 is 11.0 Å². The van der Waals surface area contributed by atoms with E-state index in [2.05, 4.69) is 9.97 Å². The Labute approximate surface area is 112 Å². The van der Waals surface area contributed by atoms with E-state index in [4.69, 9.17) is 0 Å². The number of nitrogens with zero attached hydrogens (tertiary/aromatic N) is 3. The van der Waals surface area contributed by atoms with Gasteiger partial charge in [0, 0.05) is 18.8 Å². The highest BCUT2D eigenvalue weighted by atomic mass is 19.3. The second kappa shape index (κ2) is 4.63. The predicted octanol–water partition coefficient (Wildman–Crippen LogP) is 3.71. The number of pyridine rings is 1. The van der Waals surface area contributed by atoms with Crippen LogP contribution in [0.1, 0.15) is 12.0 Å². The molecule has 3 rings (SSSR count). The maximum absolute atomic E-state index is 13.6. The molecule has 0 radical (unpaired) electrons. The minimum absolute atomic E-state index is 0.450. The van der Waals surface area contributed by atoms with Gasteiger partial charge in [-0.3, -0.25) is 4.98 Å². The molecule has 0 atom stereocenters. The number of hydrogen-bond acceptors (Lipinski definition) is 2. The van der Waals surface area contributed by atoms with Gasteiger partial charge in [0.1, 0.15) is 11.6 Å². The number of rotatable bonds is 2. The summed E-state index contributed by atoms with van der Waals surface area (Å²) in [5.74, 6) is -0.421. The van der Waals surface area contributed by atoms with Gasteiger partial charge in [0.25, 0.3) is 6.43 Å². The molecule has 2 aromatic heterocycles. The third-order valence-electron chi connectivity index (χ3n) is 3.18. The zero-order valence-corrected chi connectivity index (χ0v) is 10.5. The SMILES string of the molecule is Cn1c(-c2ccc(C(F)F)c(F)c2)nc2ccncc21. The highest BCUT2D eigenvalue weighted by Crippen LogP contribution is 2.28. The van der Waals surface area contributed by atoms with Crippen LogP contribution < -0.4 is 0 Å². The van der Waals surface area contributed by atoms with E-state index >= 15 is 0 Å². The number of alkyl halides is 2. The van der Waals surface area contributed by atoms with Crippen molar-refractivity contribution < 1.29 is 13.2 Å². The van der Waals surface area contributed by atoms with Crippen molar-refractivity contribution in [2.24, 2.45) is 7.05 Å². The van der Waals surface area contributed by atoms with Crippen LogP contribution in [0.25, 0.3) is 22.4 Å². The lowest BCUT2D eigenvalue weighted by Gasteiger charge is -2.06. The Hall–Kier alpha value is -2.37. The zero-order chi connectivity index (χ0) is 14.3. The van der Waals surface area contributed by atoms with Gasteiger partial charge in [-0.1, -0.05) is 6.07 Å². The largest absolute Gasteiger partial charge is 0.326 e. The summed E-state index contributed by atoms with van der Waals surface area (Å²) in [6.07, 6.45) is 0.434. The smallest absolute Gasteiger partial charge is 0.266 e. The number of fused-ring (bicyclic) bond motifs is 1. The zero-order valence-electron chi connectivity index (χ0n) is 10.5. The van der Waals surface area contributed by atoms with Gasteiger partial charge >= 0.3 is 0 Å². The molecule has 0 saturated heterocycles. The maximum Gasteiger partial charge on any atom is 0.266 e. The van der Waals surface area contributed by atoms with Gasteiger partial charge in [-0.2, -0.15) is 0 Å². The van der Waals surface area contributed by atoms with Crippen LogP contribution in [0.2, 0.25) is 0 Å². The van der Waals surface area contributed by atoms with Crippen molar-refractivity contribution in [2.45, 2.75) is 6.43 Å². The number of aromatic nitrogens is 3. The summed E-state index contributed by atoms with van der Waals surface area (Å²) in [6.45, 7) is 0. The Morgan fingerprint density at radius 2 is 2.00 bits per heavy atom. The molecule has 3 aromatic rings. The molecule has 0 bridgehead atoms. The highest BCUT2D eigenvalue weighted by molar-refractivity contribution is 5.79. The van der Waals surface area contributed by atoms with Crippen LogP contribution in [-0.4, -0.2) is 14.5 Å². The highest BCUT2D eigenvalue weighted by Gasteiger charge is 2.16. The van der Waals surface area contributed by atoms with Gasteiger partial charge in [0.15, 0.2) is 0 Å². The molecule has 0 aliphatic heterocycles. The van der Waals surface area contributed by atoms with Gasteiger partial charge in [-0.15, -0.1) is 0 Å².